The van der Waals surface area contributed by atoms with Crippen molar-refractivity contribution < 1.29 is 4.74 Å². The van der Waals surface area contributed by atoms with Gasteiger partial charge in [0.05, 0.1) is 5.52 Å². The van der Waals surface area contributed by atoms with Crippen LogP contribution >= 0.6 is 0 Å². The molecule has 0 amide bonds. The summed E-state index contributed by atoms with van der Waals surface area (Å²) in [4.78, 5) is 4.25. The second kappa shape index (κ2) is 4.75. The van der Waals surface area contributed by atoms with Crippen molar-refractivity contribution in [3.63, 3.8) is 0 Å². The summed E-state index contributed by atoms with van der Waals surface area (Å²) in [7, 11) is 0. The molecule has 1 heterocycles. The number of nitrogens with one attached hydrogen (secondary N) is 1. The molecule has 2 rings (SSSR count). The number of pyridine rings is 1. The Morgan fingerprint density at radius 3 is 3.13 bits per heavy atom. The van der Waals surface area contributed by atoms with Crippen LogP contribution in [0.5, 0.6) is 5.75 Å². The van der Waals surface area contributed by atoms with E-state index < -0.39 is 0 Å². The first-order valence-corrected chi connectivity index (χ1v) is 5.08. The predicted molar refractivity (Wildman–Crippen MR) is 60.9 cm³/mol. The zero-order valence-electron chi connectivity index (χ0n) is 8.73. The second-order valence-electron chi connectivity index (χ2n) is 3.25. The van der Waals surface area contributed by atoms with Crippen LogP contribution in [0.15, 0.2) is 36.5 Å². The first-order valence-electron chi connectivity index (χ1n) is 5.08. The van der Waals surface area contributed by atoms with E-state index in [0.29, 0.717) is 6.73 Å². The molecule has 1 N–H and O–H groups in total. The molecule has 0 bridgehead atoms. The Balaban J connectivity index is 2.16. The van der Waals surface area contributed by atoms with Gasteiger partial charge in [-0.3, -0.25) is 10.3 Å². The van der Waals surface area contributed by atoms with Crippen LogP contribution in [0.4, 0.5) is 0 Å². The molecule has 0 saturated carbocycles. The van der Waals surface area contributed by atoms with Crippen LogP contribution < -0.4 is 10.1 Å². The molecule has 0 radical (unpaired) electrons. The minimum Gasteiger partial charge on any atom is -0.478 e. The maximum atomic E-state index is 5.52. The van der Waals surface area contributed by atoms with Crippen molar-refractivity contribution in [2.75, 3.05) is 13.3 Å². The Hall–Kier alpha value is -1.61. The van der Waals surface area contributed by atoms with Crippen molar-refractivity contribution >= 4 is 10.9 Å². The highest BCUT2D eigenvalue weighted by Crippen LogP contribution is 2.18. The number of fused-ring (bicyclic) bond motifs is 1. The molecular weight excluding hydrogens is 188 g/mol. The molecule has 3 nitrogen and oxygen atoms in total. The molecule has 3 heteroatoms. The minimum absolute atomic E-state index is 0.544. The highest BCUT2D eigenvalue weighted by atomic mass is 16.5. The average molecular weight is 202 g/mol. The molecular formula is C12H14N2O. The first-order chi connectivity index (χ1) is 7.40. The fourth-order valence-electron chi connectivity index (χ4n) is 1.38. The van der Waals surface area contributed by atoms with Gasteiger partial charge in [0.15, 0.2) is 0 Å². The molecule has 0 spiro atoms. The van der Waals surface area contributed by atoms with E-state index in [4.69, 9.17) is 4.74 Å². The van der Waals surface area contributed by atoms with Crippen molar-refractivity contribution in [2.24, 2.45) is 0 Å². The average Bonchev–Trinajstić information content (AvgIpc) is 2.29. The molecule has 1 aromatic carbocycles. The Kier molecular flexibility index (Phi) is 3.15. The van der Waals surface area contributed by atoms with Crippen LogP contribution in [-0.2, 0) is 0 Å². The van der Waals surface area contributed by atoms with Crippen molar-refractivity contribution in [2.45, 2.75) is 6.92 Å². The molecule has 0 aliphatic heterocycles. The van der Waals surface area contributed by atoms with Crippen molar-refractivity contribution in [1.82, 2.24) is 10.3 Å². The quantitative estimate of drug-likeness (QED) is 0.609. The van der Waals surface area contributed by atoms with Gasteiger partial charge in [-0.15, -0.1) is 0 Å². The van der Waals surface area contributed by atoms with Crippen LogP contribution in [0.1, 0.15) is 6.92 Å². The smallest absolute Gasteiger partial charge is 0.139 e. The van der Waals surface area contributed by atoms with Crippen LogP contribution in [-0.4, -0.2) is 18.3 Å². The van der Waals surface area contributed by atoms with Crippen LogP contribution in [0.25, 0.3) is 10.9 Å². The number of benzene rings is 1. The second-order valence-corrected chi connectivity index (χ2v) is 3.25. The van der Waals surface area contributed by atoms with Gasteiger partial charge in [-0.05, 0) is 30.8 Å². The molecule has 0 aliphatic carbocycles. The minimum atomic E-state index is 0.544. The maximum Gasteiger partial charge on any atom is 0.139 e. The van der Waals surface area contributed by atoms with E-state index in [9.17, 15) is 0 Å². The Morgan fingerprint density at radius 2 is 2.27 bits per heavy atom. The normalized spacial score (nSPS) is 10.5. The molecule has 0 fully saturated rings. The molecule has 78 valence electrons. The van der Waals surface area contributed by atoms with Gasteiger partial charge >= 0.3 is 0 Å². The summed E-state index contributed by atoms with van der Waals surface area (Å²) in [5.74, 6) is 0.872. The number of hydrogen-bond acceptors (Lipinski definition) is 3. The van der Waals surface area contributed by atoms with Gasteiger partial charge in [0, 0.05) is 11.6 Å². The number of nitrogens with zero attached hydrogens (tertiary/aromatic N) is 1. The van der Waals surface area contributed by atoms with E-state index in [1.165, 1.54) is 0 Å². The summed E-state index contributed by atoms with van der Waals surface area (Å²) in [5, 5.41) is 4.21. The molecule has 0 unspecified atom stereocenters. The van der Waals surface area contributed by atoms with Gasteiger partial charge in [-0.2, -0.15) is 0 Å². The van der Waals surface area contributed by atoms with Gasteiger partial charge in [-0.1, -0.05) is 13.0 Å². The third-order valence-corrected chi connectivity index (χ3v) is 2.17. The maximum absolute atomic E-state index is 5.52. The van der Waals surface area contributed by atoms with Crippen LogP contribution in [0.2, 0.25) is 0 Å². The topological polar surface area (TPSA) is 34.1 Å². The SMILES string of the molecule is CCNCOc1ccc2ncccc2c1. The van der Waals surface area contributed by atoms with E-state index in [-0.39, 0.29) is 0 Å². The van der Waals surface area contributed by atoms with Crippen molar-refractivity contribution in [1.29, 1.82) is 0 Å². The predicted octanol–water partition coefficient (Wildman–Crippen LogP) is 2.18. The third-order valence-electron chi connectivity index (χ3n) is 2.17. The van der Waals surface area contributed by atoms with Crippen LogP contribution in [0, 0.1) is 0 Å². The highest BCUT2D eigenvalue weighted by molar-refractivity contribution is 5.79. The van der Waals surface area contributed by atoms with E-state index in [0.717, 1.165) is 23.2 Å². The van der Waals surface area contributed by atoms with Gasteiger partial charge in [-0.25, -0.2) is 0 Å². The number of hydrogen-bond donors (Lipinski definition) is 1. The van der Waals surface area contributed by atoms with Gasteiger partial charge in [0.25, 0.3) is 0 Å². The zero-order chi connectivity index (χ0) is 10.5. The molecule has 15 heavy (non-hydrogen) atoms. The molecule has 0 atom stereocenters. The number of rotatable bonds is 4. The lowest BCUT2D eigenvalue weighted by Gasteiger charge is -2.06. The van der Waals surface area contributed by atoms with Gasteiger partial charge < -0.3 is 4.74 Å². The molecule has 1 aromatic heterocycles. The largest absolute Gasteiger partial charge is 0.478 e. The number of aromatic nitrogens is 1. The van der Waals surface area contributed by atoms with Crippen molar-refractivity contribution in [3.8, 4) is 5.75 Å². The standard InChI is InChI=1S/C12H14N2O/c1-2-13-9-15-11-5-6-12-10(8-11)4-3-7-14-12/h3-8,13H,2,9H2,1H3. The monoisotopic (exact) mass is 202 g/mol. The fourth-order valence-corrected chi connectivity index (χ4v) is 1.38. The van der Waals surface area contributed by atoms with Gasteiger partial charge in [0.2, 0.25) is 0 Å². The Bertz CT molecular complexity index is 442. The Morgan fingerprint density at radius 1 is 1.33 bits per heavy atom. The molecule has 0 aliphatic rings. The van der Waals surface area contributed by atoms with E-state index >= 15 is 0 Å². The molecule has 2 aromatic rings. The lowest BCUT2D eigenvalue weighted by Crippen LogP contribution is -2.19. The van der Waals surface area contributed by atoms with Gasteiger partial charge in [0.1, 0.15) is 12.5 Å². The summed E-state index contributed by atoms with van der Waals surface area (Å²) in [6.45, 7) is 3.51. The van der Waals surface area contributed by atoms with E-state index in [2.05, 4.69) is 10.3 Å². The first kappa shape index (κ1) is 9.93. The third kappa shape index (κ3) is 2.44. The lowest BCUT2D eigenvalue weighted by molar-refractivity contribution is 0.287. The summed E-state index contributed by atoms with van der Waals surface area (Å²) in [6.07, 6.45) is 1.79. The molecule has 0 saturated heterocycles. The van der Waals surface area contributed by atoms with Crippen LogP contribution in [0.3, 0.4) is 0 Å². The summed E-state index contributed by atoms with van der Waals surface area (Å²) in [6, 6.07) is 9.86. The summed E-state index contributed by atoms with van der Waals surface area (Å²) in [5.41, 5.74) is 0.994. The van der Waals surface area contributed by atoms with Crippen molar-refractivity contribution in [3.05, 3.63) is 36.5 Å². The fraction of sp³-hybridized carbons (Fsp3) is 0.250. The lowest BCUT2D eigenvalue weighted by atomic mass is 10.2. The highest BCUT2D eigenvalue weighted by Gasteiger charge is 1.96. The van der Waals surface area contributed by atoms with E-state index in [1.54, 1.807) is 6.20 Å². The summed E-state index contributed by atoms with van der Waals surface area (Å²) < 4.78 is 5.52. The Labute approximate surface area is 89.1 Å². The number of ether oxygens (including phenoxy) is 1. The zero-order valence-corrected chi connectivity index (χ0v) is 8.73. The van der Waals surface area contributed by atoms with E-state index in [1.807, 2.05) is 37.3 Å². The summed E-state index contributed by atoms with van der Waals surface area (Å²) >= 11 is 0.